The average molecular weight is 995 g/mol. The van der Waals surface area contributed by atoms with Crippen LogP contribution >= 0.6 is 0 Å². The van der Waals surface area contributed by atoms with Crippen LogP contribution in [0.5, 0.6) is 0 Å². The fraction of sp³-hybridized carbons (Fsp3) is 0.288. The summed E-state index contributed by atoms with van der Waals surface area (Å²) in [5.41, 5.74) is 23.1. The topological polar surface area (TPSA) is 15.7 Å². The van der Waals surface area contributed by atoms with Gasteiger partial charge in [0, 0.05) is 45.5 Å². The van der Waals surface area contributed by atoms with Crippen molar-refractivity contribution in [1.82, 2.24) is 0 Å². The summed E-state index contributed by atoms with van der Waals surface area (Å²) >= 11 is 0. The fourth-order valence-corrected chi connectivity index (χ4v) is 13.8. The monoisotopic (exact) mass is 995 g/mol. The van der Waals surface area contributed by atoms with Crippen molar-refractivity contribution in [2.24, 2.45) is 5.92 Å². The van der Waals surface area contributed by atoms with E-state index in [1.807, 2.05) is 12.2 Å². The second-order valence-corrected chi connectivity index (χ2v) is 22.2. The van der Waals surface area contributed by atoms with Crippen molar-refractivity contribution >= 4 is 40.0 Å². The lowest BCUT2D eigenvalue weighted by Gasteiger charge is -2.38. The maximum Gasteiger partial charge on any atom is 0.0793 e. The predicted molar refractivity (Wildman–Crippen MR) is 322 cm³/mol. The van der Waals surface area contributed by atoms with Gasteiger partial charge in [-0.3, -0.25) is 0 Å². The molecule has 1 heterocycles. The number of benzene rings is 5. The standard InChI is InChI=1S/C73H74N2O/c1-4-52-29-33-55(34-30-52)57-37-45-71-67(48-57)68-49-58(38-46-72(68)75(71)61-25-14-9-15-26-61)56-35-39-62(40-36-56)74(60-23-12-8-13-24-60)63-41-44-66-65-27-16-17-28-69(65)73(70(66)50-63,59-21-10-7-11-22-59)47-19-18-20-54(6-3)51-76-64-42-31-53(5-2)32-43-64/h4-5,8-10,12-16,21-27,29-35,38-39,41-42,44-46,49-50,54,57,64,67H,1-2,6-7,11,17-20,28,36-37,40,43,47-48,51H2,3H3. The first kappa shape index (κ1) is 49.7. The first-order chi connectivity index (χ1) is 37.5. The molecule has 0 bridgehead atoms. The number of allylic oxidation sites excluding steroid dienone is 17. The van der Waals surface area contributed by atoms with Gasteiger partial charge >= 0.3 is 0 Å². The van der Waals surface area contributed by atoms with Crippen LogP contribution in [0.2, 0.25) is 0 Å². The smallest absolute Gasteiger partial charge is 0.0793 e. The van der Waals surface area contributed by atoms with Gasteiger partial charge in [0.1, 0.15) is 0 Å². The normalized spacial score (nSPS) is 22.6. The van der Waals surface area contributed by atoms with Crippen LogP contribution in [0, 0.1) is 5.92 Å². The minimum Gasteiger partial charge on any atom is -0.374 e. The number of ether oxygens (including phenoxy) is 1. The zero-order chi connectivity index (χ0) is 51.4. The molecule has 1 aliphatic heterocycles. The Labute approximate surface area is 453 Å². The van der Waals surface area contributed by atoms with Crippen LogP contribution in [0.1, 0.15) is 142 Å². The molecule has 0 N–H and O–H groups in total. The second kappa shape index (κ2) is 22.2. The van der Waals surface area contributed by atoms with Crippen LogP contribution in [-0.2, 0) is 10.2 Å². The van der Waals surface area contributed by atoms with Gasteiger partial charge in [-0.25, -0.2) is 0 Å². The first-order valence-corrected chi connectivity index (χ1v) is 28.7. The summed E-state index contributed by atoms with van der Waals surface area (Å²) in [5, 5.41) is 0. The average Bonchev–Trinajstić information content (AvgIpc) is 4.01. The molecule has 6 aliphatic carbocycles. The van der Waals surface area contributed by atoms with Crippen LogP contribution < -0.4 is 9.80 Å². The zero-order valence-corrected chi connectivity index (χ0v) is 44.7. The van der Waals surface area contributed by atoms with Gasteiger partial charge < -0.3 is 14.5 Å². The maximum atomic E-state index is 6.50. The summed E-state index contributed by atoms with van der Waals surface area (Å²) < 4.78 is 6.50. The van der Waals surface area contributed by atoms with Crippen LogP contribution in [-0.4, -0.2) is 12.7 Å². The zero-order valence-electron chi connectivity index (χ0n) is 44.7. The van der Waals surface area contributed by atoms with Gasteiger partial charge in [-0.15, -0.1) is 0 Å². The molecule has 7 aliphatic rings. The molecule has 0 spiro atoms. The molecule has 5 atom stereocenters. The number of hydrogen-bond donors (Lipinski definition) is 0. The Morgan fingerprint density at radius 2 is 1.59 bits per heavy atom. The molecular formula is C73H74N2O. The highest BCUT2D eigenvalue weighted by Gasteiger charge is 2.47. The number of para-hydroxylation sites is 2. The quantitative estimate of drug-likeness (QED) is 0.0814. The van der Waals surface area contributed by atoms with Crippen LogP contribution in [0.4, 0.5) is 22.7 Å². The molecule has 76 heavy (non-hydrogen) atoms. The third-order valence-corrected chi connectivity index (χ3v) is 17.9. The molecule has 382 valence electrons. The molecule has 12 rings (SSSR count). The Bertz CT molecular complexity index is 3280. The van der Waals surface area contributed by atoms with Crippen LogP contribution in [0.3, 0.4) is 0 Å². The lowest BCUT2D eigenvalue weighted by atomic mass is 9.65. The van der Waals surface area contributed by atoms with Crippen molar-refractivity contribution < 1.29 is 4.74 Å². The number of anilines is 4. The number of hydrogen-bond acceptors (Lipinski definition) is 3. The van der Waals surface area contributed by atoms with E-state index < -0.39 is 0 Å². The Hall–Kier alpha value is -7.20. The minimum absolute atomic E-state index is 0.147. The maximum absolute atomic E-state index is 6.50. The minimum atomic E-state index is -0.147. The summed E-state index contributed by atoms with van der Waals surface area (Å²) in [6.07, 6.45) is 45.7. The number of rotatable bonds is 18. The van der Waals surface area contributed by atoms with E-state index in [0.717, 1.165) is 77.2 Å². The van der Waals surface area contributed by atoms with Crippen molar-refractivity contribution in [1.29, 1.82) is 0 Å². The van der Waals surface area contributed by atoms with Crippen LogP contribution in [0.15, 0.2) is 236 Å². The largest absolute Gasteiger partial charge is 0.374 e. The van der Waals surface area contributed by atoms with Gasteiger partial charge in [0.2, 0.25) is 0 Å². The van der Waals surface area contributed by atoms with E-state index in [9.17, 15) is 0 Å². The second-order valence-electron chi connectivity index (χ2n) is 22.2. The van der Waals surface area contributed by atoms with E-state index in [1.165, 1.54) is 109 Å². The Morgan fingerprint density at radius 3 is 2.34 bits per heavy atom. The lowest BCUT2D eigenvalue weighted by molar-refractivity contribution is 0.0537. The predicted octanol–water partition coefficient (Wildman–Crippen LogP) is 19.6. The van der Waals surface area contributed by atoms with E-state index >= 15 is 0 Å². The third kappa shape index (κ3) is 9.57. The van der Waals surface area contributed by atoms with Crippen molar-refractivity contribution in [3.8, 4) is 0 Å². The van der Waals surface area contributed by atoms with Crippen molar-refractivity contribution in [3.63, 3.8) is 0 Å². The number of unbranched alkanes of at least 4 members (excludes halogenated alkanes) is 1. The van der Waals surface area contributed by atoms with E-state index in [0.29, 0.717) is 17.8 Å². The number of nitrogens with zero attached hydrogens (tertiary/aromatic N) is 2. The molecule has 0 amide bonds. The summed E-state index contributed by atoms with van der Waals surface area (Å²) in [5.74, 6) is 1.37. The first-order valence-electron chi connectivity index (χ1n) is 28.7. The van der Waals surface area contributed by atoms with Gasteiger partial charge in [-0.1, -0.05) is 185 Å². The Balaban J connectivity index is 0.851. The molecule has 0 saturated heterocycles. The molecule has 0 radical (unpaired) electrons. The molecule has 0 saturated carbocycles. The highest BCUT2D eigenvalue weighted by atomic mass is 16.5. The van der Waals surface area contributed by atoms with Gasteiger partial charge in [0.25, 0.3) is 0 Å². The van der Waals surface area contributed by atoms with Crippen molar-refractivity contribution in [2.75, 3.05) is 16.4 Å². The van der Waals surface area contributed by atoms with Crippen molar-refractivity contribution in [3.05, 3.63) is 269 Å². The van der Waals surface area contributed by atoms with Gasteiger partial charge in [0.15, 0.2) is 0 Å². The molecule has 0 aromatic heterocycles. The fourth-order valence-electron chi connectivity index (χ4n) is 13.8. The molecule has 3 heteroatoms. The molecular weight excluding hydrogens is 921 g/mol. The summed E-state index contributed by atoms with van der Waals surface area (Å²) in [6, 6.07) is 46.0. The summed E-state index contributed by atoms with van der Waals surface area (Å²) in [7, 11) is 0. The van der Waals surface area contributed by atoms with E-state index in [2.05, 4.69) is 218 Å². The van der Waals surface area contributed by atoms with Crippen LogP contribution in [0.25, 0.3) is 17.2 Å². The summed E-state index contributed by atoms with van der Waals surface area (Å²) in [6.45, 7) is 11.1. The molecule has 5 aromatic carbocycles. The summed E-state index contributed by atoms with van der Waals surface area (Å²) in [4.78, 5) is 5.10. The molecule has 3 nitrogen and oxygen atoms in total. The van der Waals surface area contributed by atoms with E-state index in [4.69, 9.17) is 4.74 Å². The highest BCUT2D eigenvalue weighted by Crippen LogP contribution is 2.59. The number of fused-ring (bicyclic) bond motifs is 5. The molecule has 5 aromatic rings. The van der Waals surface area contributed by atoms with E-state index in [1.54, 1.807) is 5.57 Å². The Kier molecular flexibility index (Phi) is 14.5. The SMILES string of the molecule is C=CC1=CCC(OCC(CC)CCCCC2(C3=CCCC=C3)C3=C(C=CCC3)c3ccc(N(C4=CC=C(c5ccc6c(c5)C5CC(c7ccc(C=C)cc7)CC=C5N6c5ccccc5)CC4)c4ccccc4)cc32)C=C1. The molecule has 0 fully saturated rings. The van der Waals surface area contributed by atoms with Gasteiger partial charge in [-0.2, -0.15) is 0 Å². The van der Waals surface area contributed by atoms with Gasteiger partial charge in [-0.05, 0) is 198 Å². The molecule has 5 unspecified atom stereocenters. The lowest BCUT2D eigenvalue weighted by Crippen LogP contribution is -2.30. The van der Waals surface area contributed by atoms with Gasteiger partial charge in [0.05, 0.1) is 12.7 Å². The van der Waals surface area contributed by atoms with E-state index in [-0.39, 0.29) is 11.5 Å². The third-order valence-electron chi connectivity index (χ3n) is 17.9. The Morgan fingerprint density at radius 1 is 0.750 bits per heavy atom. The highest BCUT2D eigenvalue weighted by molar-refractivity contribution is 5.91. The van der Waals surface area contributed by atoms with Crippen molar-refractivity contribution in [2.45, 2.75) is 120 Å².